The van der Waals surface area contributed by atoms with E-state index in [0.29, 0.717) is 0 Å². The number of ether oxygens (including phenoxy) is 1. The molecular formula is C27H30O3S. The Morgan fingerprint density at radius 1 is 0.839 bits per heavy atom. The van der Waals surface area contributed by atoms with Crippen molar-refractivity contribution in [3.8, 4) is 5.75 Å². The van der Waals surface area contributed by atoms with Crippen molar-refractivity contribution in [2.45, 2.75) is 37.4 Å². The molecular weight excluding hydrogens is 404 g/mol. The Bertz CT molecular complexity index is 952. The van der Waals surface area contributed by atoms with Gasteiger partial charge in [-0.05, 0) is 54.3 Å². The average Bonchev–Trinajstić information content (AvgIpc) is 2.80. The van der Waals surface area contributed by atoms with Gasteiger partial charge in [-0.15, -0.1) is 11.8 Å². The van der Waals surface area contributed by atoms with Gasteiger partial charge in [0.1, 0.15) is 5.75 Å². The second-order valence-corrected chi connectivity index (χ2v) is 9.00. The zero-order valence-corrected chi connectivity index (χ0v) is 19.0. The monoisotopic (exact) mass is 434 g/mol. The molecule has 1 atom stereocenters. The van der Waals surface area contributed by atoms with Crippen molar-refractivity contribution in [1.82, 2.24) is 0 Å². The third kappa shape index (κ3) is 5.71. The average molecular weight is 435 g/mol. The number of aliphatic carboxylic acids is 1. The number of hydrogen-bond acceptors (Lipinski definition) is 3. The van der Waals surface area contributed by atoms with E-state index in [9.17, 15) is 4.79 Å². The Hall–Kier alpha value is -2.72. The Labute approximate surface area is 189 Å². The molecule has 0 aliphatic carbocycles. The third-order valence-corrected chi connectivity index (χ3v) is 7.12. The molecule has 0 heterocycles. The van der Waals surface area contributed by atoms with Crippen LogP contribution < -0.4 is 4.74 Å². The van der Waals surface area contributed by atoms with Crippen molar-refractivity contribution in [1.29, 1.82) is 0 Å². The van der Waals surface area contributed by atoms with Crippen LogP contribution in [0.1, 0.15) is 47.9 Å². The van der Waals surface area contributed by atoms with E-state index in [2.05, 4.69) is 67.6 Å². The fraction of sp³-hybridized carbons (Fsp3) is 0.296. The molecule has 3 aromatic carbocycles. The van der Waals surface area contributed by atoms with E-state index in [0.717, 1.165) is 30.8 Å². The molecule has 3 rings (SSSR count). The normalized spacial score (nSPS) is 12.8. The maximum atomic E-state index is 10.8. The highest BCUT2D eigenvalue weighted by Gasteiger charge is 2.36. The van der Waals surface area contributed by atoms with Crippen molar-refractivity contribution in [2.24, 2.45) is 0 Å². The molecule has 4 heteroatoms. The SMILES string of the molecule is COc1ccc(C(SCCCCCC(=O)O)(c2ccccc2)c2ccc(C)cc2)cc1. The minimum Gasteiger partial charge on any atom is -0.497 e. The second-order valence-electron chi connectivity index (χ2n) is 7.69. The van der Waals surface area contributed by atoms with Crippen LogP contribution in [0.5, 0.6) is 5.75 Å². The first-order valence-corrected chi connectivity index (χ1v) is 11.7. The lowest BCUT2D eigenvalue weighted by Crippen LogP contribution is -2.26. The van der Waals surface area contributed by atoms with Gasteiger partial charge in [-0.1, -0.05) is 78.7 Å². The predicted octanol–water partition coefficient (Wildman–Crippen LogP) is 6.67. The molecule has 0 saturated heterocycles. The maximum Gasteiger partial charge on any atom is 0.303 e. The summed E-state index contributed by atoms with van der Waals surface area (Å²) in [6, 6.07) is 27.8. The maximum absolute atomic E-state index is 10.8. The number of carbonyl (C=O) groups is 1. The molecule has 3 nitrogen and oxygen atoms in total. The van der Waals surface area contributed by atoms with Crippen LogP contribution in [0.25, 0.3) is 0 Å². The van der Waals surface area contributed by atoms with E-state index < -0.39 is 5.97 Å². The van der Waals surface area contributed by atoms with E-state index in [1.54, 1.807) is 7.11 Å². The van der Waals surface area contributed by atoms with E-state index in [4.69, 9.17) is 9.84 Å². The first kappa shape index (κ1) is 23.0. The molecule has 0 aliphatic heterocycles. The molecule has 0 fully saturated rings. The number of rotatable bonds is 11. The quantitative estimate of drug-likeness (QED) is 0.270. The molecule has 31 heavy (non-hydrogen) atoms. The molecule has 0 amide bonds. The highest BCUT2D eigenvalue weighted by Crippen LogP contribution is 2.49. The molecule has 162 valence electrons. The van der Waals surface area contributed by atoms with Gasteiger partial charge in [-0.3, -0.25) is 4.79 Å². The van der Waals surface area contributed by atoms with Crippen LogP contribution in [-0.2, 0) is 9.54 Å². The van der Waals surface area contributed by atoms with Crippen LogP contribution in [0.2, 0.25) is 0 Å². The fourth-order valence-electron chi connectivity index (χ4n) is 3.82. The van der Waals surface area contributed by atoms with E-state index in [-0.39, 0.29) is 11.2 Å². The van der Waals surface area contributed by atoms with Crippen molar-refractivity contribution < 1.29 is 14.6 Å². The number of benzene rings is 3. The van der Waals surface area contributed by atoms with Crippen molar-refractivity contribution >= 4 is 17.7 Å². The summed E-state index contributed by atoms with van der Waals surface area (Å²) in [5, 5.41) is 8.89. The first-order valence-electron chi connectivity index (χ1n) is 10.7. The summed E-state index contributed by atoms with van der Waals surface area (Å²) in [5.74, 6) is 1.06. The zero-order valence-electron chi connectivity index (χ0n) is 18.2. The van der Waals surface area contributed by atoms with Gasteiger partial charge in [0.2, 0.25) is 0 Å². The lowest BCUT2D eigenvalue weighted by molar-refractivity contribution is -0.137. The predicted molar refractivity (Wildman–Crippen MR) is 129 cm³/mol. The molecule has 0 saturated carbocycles. The van der Waals surface area contributed by atoms with E-state index >= 15 is 0 Å². The summed E-state index contributed by atoms with van der Waals surface area (Å²) in [5.41, 5.74) is 4.92. The Kier molecular flexibility index (Phi) is 8.19. The van der Waals surface area contributed by atoms with Crippen LogP contribution in [-0.4, -0.2) is 23.9 Å². The molecule has 0 radical (unpaired) electrons. The smallest absolute Gasteiger partial charge is 0.303 e. The third-order valence-electron chi connectivity index (χ3n) is 5.49. The van der Waals surface area contributed by atoms with Crippen LogP contribution in [0, 0.1) is 6.92 Å². The fourth-order valence-corrected chi connectivity index (χ4v) is 5.38. The summed E-state index contributed by atoms with van der Waals surface area (Å²) in [7, 11) is 1.69. The van der Waals surface area contributed by atoms with Gasteiger partial charge in [0.15, 0.2) is 0 Å². The van der Waals surface area contributed by atoms with Gasteiger partial charge in [0, 0.05) is 6.42 Å². The number of carboxylic acids is 1. The van der Waals surface area contributed by atoms with Gasteiger partial charge in [-0.25, -0.2) is 0 Å². The Morgan fingerprint density at radius 2 is 1.42 bits per heavy atom. The van der Waals surface area contributed by atoms with Crippen LogP contribution in [0.15, 0.2) is 78.9 Å². The number of hydrogen-bond donors (Lipinski definition) is 1. The van der Waals surface area contributed by atoms with E-state index in [1.807, 2.05) is 30.0 Å². The molecule has 0 aliphatic rings. The second kappa shape index (κ2) is 11.1. The van der Waals surface area contributed by atoms with E-state index in [1.165, 1.54) is 22.3 Å². The number of methoxy groups -OCH3 is 1. The van der Waals surface area contributed by atoms with Crippen molar-refractivity contribution in [2.75, 3.05) is 12.9 Å². The van der Waals surface area contributed by atoms with Gasteiger partial charge >= 0.3 is 5.97 Å². The molecule has 0 bridgehead atoms. The molecule has 1 N–H and O–H groups in total. The number of thioether (sulfide) groups is 1. The van der Waals surface area contributed by atoms with Gasteiger partial charge in [0.25, 0.3) is 0 Å². The molecule has 1 unspecified atom stereocenters. The summed E-state index contributed by atoms with van der Waals surface area (Å²) in [4.78, 5) is 10.8. The summed E-state index contributed by atoms with van der Waals surface area (Å²) in [6.07, 6.45) is 2.86. The number of aryl methyl sites for hydroxylation is 1. The Balaban J connectivity index is 2.00. The minimum atomic E-state index is -0.718. The highest BCUT2D eigenvalue weighted by molar-refractivity contribution is 8.00. The minimum absolute atomic E-state index is 0.241. The lowest BCUT2D eigenvalue weighted by Gasteiger charge is -2.36. The van der Waals surface area contributed by atoms with Crippen LogP contribution in [0.4, 0.5) is 0 Å². The van der Waals surface area contributed by atoms with Crippen LogP contribution >= 0.6 is 11.8 Å². The van der Waals surface area contributed by atoms with Crippen LogP contribution in [0.3, 0.4) is 0 Å². The summed E-state index contributed by atoms with van der Waals surface area (Å²) >= 11 is 1.92. The number of carboxylic acid groups (broad SMARTS) is 1. The molecule has 3 aromatic rings. The summed E-state index contributed by atoms with van der Waals surface area (Å²) < 4.78 is 5.05. The number of unbranched alkanes of at least 4 members (excludes halogenated alkanes) is 2. The van der Waals surface area contributed by atoms with Crippen molar-refractivity contribution in [3.63, 3.8) is 0 Å². The molecule has 0 aromatic heterocycles. The first-order chi connectivity index (χ1) is 15.1. The standard InChI is InChI=1S/C27H30O3S/c1-21-12-14-23(15-13-21)27(22-9-5-3-6-10-22,24-16-18-25(30-2)19-17-24)31-20-8-4-7-11-26(28)29/h3,5-6,9-10,12-19H,4,7-8,11,20H2,1-2H3,(H,28,29). The topological polar surface area (TPSA) is 46.5 Å². The Morgan fingerprint density at radius 3 is 2.00 bits per heavy atom. The molecule has 0 spiro atoms. The zero-order chi connectivity index (χ0) is 22.1. The van der Waals surface area contributed by atoms with Crippen molar-refractivity contribution in [3.05, 3.63) is 101 Å². The van der Waals surface area contributed by atoms with Gasteiger partial charge in [0.05, 0.1) is 11.9 Å². The lowest BCUT2D eigenvalue weighted by atomic mass is 9.83. The van der Waals surface area contributed by atoms with Gasteiger partial charge < -0.3 is 9.84 Å². The summed E-state index contributed by atoms with van der Waals surface area (Å²) in [6.45, 7) is 2.11. The van der Waals surface area contributed by atoms with Gasteiger partial charge in [-0.2, -0.15) is 0 Å². The highest BCUT2D eigenvalue weighted by atomic mass is 32.2. The largest absolute Gasteiger partial charge is 0.497 e.